The van der Waals surface area contributed by atoms with Crippen LogP contribution in [0, 0.1) is 5.92 Å². The molecule has 1 N–H and O–H groups in total. The molecule has 0 amide bonds. The van der Waals surface area contributed by atoms with Crippen LogP contribution in [0.15, 0.2) is 29.1 Å². The molecule has 2 nitrogen and oxygen atoms in total. The van der Waals surface area contributed by atoms with Crippen molar-refractivity contribution in [2.75, 3.05) is 6.61 Å². The summed E-state index contributed by atoms with van der Waals surface area (Å²) < 4.78 is 4.58. The summed E-state index contributed by atoms with van der Waals surface area (Å²) in [6.45, 7) is 4.43. The Bertz CT molecular complexity index is 114. The number of aliphatic hydroxyl groups excluding tert-OH is 1. The molecule has 0 spiro atoms. The van der Waals surface area contributed by atoms with Crippen molar-refractivity contribution in [2.24, 2.45) is 5.92 Å². The molecule has 1 unspecified atom stereocenters. The van der Waals surface area contributed by atoms with Gasteiger partial charge in [-0.1, -0.05) is 20.3 Å². The van der Waals surface area contributed by atoms with E-state index in [2.05, 4.69) is 11.3 Å². The van der Waals surface area contributed by atoms with Crippen LogP contribution in [-0.2, 0) is 0 Å². The molecule has 0 aromatic carbocycles. The molecule has 1 aromatic heterocycles. The average Bonchev–Trinajstić information content (AvgIpc) is 2.60. The van der Waals surface area contributed by atoms with E-state index in [-0.39, 0.29) is 0 Å². The summed E-state index contributed by atoms with van der Waals surface area (Å²) in [5.74, 6) is 0.491. The van der Waals surface area contributed by atoms with Gasteiger partial charge in [0.1, 0.15) is 0 Å². The molecule has 11 heavy (non-hydrogen) atoms. The van der Waals surface area contributed by atoms with Crippen LogP contribution < -0.4 is 0 Å². The van der Waals surface area contributed by atoms with Crippen LogP contribution in [0.25, 0.3) is 0 Å². The first kappa shape index (κ1) is 10.2. The molecule has 0 fully saturated rings. The zero-order valence-electron chi connectivity index (χ0n) is 7.16. The lowest BCUT2D eigenvalue weighted by Crippen LogP contribution is -1.96. The fourth-order valence-electron chi connectivity index (χ4n) is 0.356. The Morgan fingerprint density at radius 1 is 1.36 bits per heavy atom. The SMILES string of the molecule is CCC(C)CO.c1ccoc1. The Morgan fingerprint density at radius 3 is 2.00 bits per heavy atom. The molecule has 1 heterocycles. The van der Waals surface area contributed by atoms with Gasteiger partial charge in [-0.25, -0.2) is 0 Å². The highest BCUT2D eigenvalue weighted by Crippen LogP contribution is 1.95. The van der Waals surface area contributed by atoms with E-state index in [9.17, 15) is 0 Å². The van der Waals surface area contributed by atoms with Crippen molar-refractivity contribution >= 4 is 0 Å². The van der Waals surface area contributed by atoms with Crippen molar-refractivity contribution in [1.82, 2.24) is 0 Å². The van der Waals surface area contributed by atoms with Crippen LogP contribution in [-0.4, -0.2) is 11.7 Å². The van der Waals surface area contributed by atoms with Crippen LogP contribution >= 0.6 is 0 Å². The van der Waals surface area contributed by atoms with Gasteiger partial charge in [-0.05, 0) is 18.1 Å². The highest BCUT2D eigenvalue weighted by molar-refractivity contribution is 4.79. The third kappa shape index (κ3) is 7.13. The van der Waals surface area contributed by atoms with Crippen molar-refractivity contribution in [3.05, 3.63) is 24.7 Å². The summed E-state index contributed by atoms with van der Waals surface area (Å²) in [7, 11) is 0. The highest BCUT2D eigenvalue weighted by Gasteiger charge is 1.90. The number of rotatable bonds is 2. The number of hydrogen-bond donors (Lipinski definition) is 1. The van der Waals surface area contributed by atoms with Crippen molar-refractivity contribution in [2.45, 2.75) is 20.3 Å². The van der Waals surface area contributed by atoms with Gasteiger partial charge in [0.2, 0.25) is 0 Å². The Balaban J connectivity index is 0.000000183. The summed E-state index contributed by atoms with van der Waals surface area (Å²) in [6, 6.07) is 3.67. The smallest absolute Gasteiger partial charge is 0.0902 e. The van der Waals surface area contributed by atoms with E-state index in [1.807, 2.05) is 19.1 Å². The lowest BCUT2D eigenvalue weighted by molar-refractivity contribution is 0.234. The second kappa shape index (κ2) is 7.35. The molecule has 0 aliphatic heterocycles. The van der Waals surface area contributed by atoms with Gasteiger partial charge in [0, 0.05) is 6.61 Å². The van der Waals surface area contributed by atoms with E-state index in [4.69, 9.17) is 5.11 Å². The van der Waals surface area contributed by atoms with Gasteiger partial charge < -0.3 is 9.52 Å². The fourth-order valence-corrected chi connectivity index (χ4v) is 0.356. The van der Waals surface area contributed by atoms with Crippen LogP contribution in [0.2, 0.25) is 0 Å². The molecule has 0 aliphatic carbocycles. The number of aliphatic hydroxyl groups is 1. The lowest BCUT2D eigenvalue weighted by atomic mass is 10.1. The van der Waals surface area contributed by atoms with E-state index in [0.29, 0.717) is 12.5 Å². The van der Waals surface area contributed by atoms with Gasteiger partial charge in [-0.15, -0.1) is 0 Å². The van der Waals surface area contributed by atoms with Crippen molar-refractivity contribution in [3.63, 3.8) is 0 Å². The Morgan fingerprint density at radius 2 is 1.91 bits per heavy atom. The maximum absolute atomic E-state index is 8.33. The topological polar surface area (TPSA) is 33.4 Å². The number of furan rings is 1. The molecule has 1 rings (SSSR count). The highest BCUT2D eigenvalue weighted by atomic mass is 16.3. The Hall–Kier alpha value is -0.760. The zero-order chi connectivity index (χ0) is 8.53. The second-order valence-electron chi connectivity index (χ2n) is 2.49. The predicted molar refractivity (Wildman–Crippen MR) is 45.2 cm³/mol. The number of hydrogen-bond acceptors (Lipinski definition) is 2. The standard InChI is InChI=1S/C5H12O.C4H4O/c1-3-5(2)4-6;1-2-4-5-3-1/h5-6H,3-4H2,1-2H3;1-4H. The van der Waals surface area contributed by atoms with Gasteiger partial charge in [0.15, 0.2) is 0 Å². The molecule has 0 bridgehead atoms. The molecule has 0 aliphatic rings. The first-order chi connectivity index (χ1) is 5.31. The maximum Gasteiger partial charge on any atom is 0.0902 e. The Kier molecular flexibility index (Phi) is 6.84. The first-order valence-electron chi connectivity index (χ1n) is 3.89. The third-order valence-electron chi connectivity index (χ3n) is 1.43. The summed E-state index contributed by atoms with van der Waals surface area (Å²) >= 11 is 0. The van der Waals surface area contributed by atoms with Gasteiger partial charge in [0.25, 0.3) is 0 Å². The molecule has 0 radical (unpaired) electrons. The normalized spacial score (nSPS) is 11.5. The van der Waals surface area contributed by atoms with Crippen molar-refractivity contribution in [3.8, 4) is 0 Å². The fraction of sp³-hybridized carbons (Fsp3) is 0.556. The minimum absolute atomic E-state index is 0.330. The second-order valence-corrected chi connectivity index (χ2v) is 2.49. The largest absolute Gasteiger partial charge is 0.473 e. The van der Waals surface area contributed by atoms with Gasteiger partial charge in [-0.2, -0.15) is 0 Å². The first-order valence-corrected chi connectivity index (χ1v) is 3.89. The van der Waals surface area contributed by atoms with E-state index in [1.165, 1.54) is 0 Å². The summed E-state index contributed by atoms with van der Waals surface area (Å²) in [5.41, 5.74) is 0. The minimum atomic E-state index is 0.330. The molecular weight excluding hydrogens is 140 g/mol. The van der Waals surface area contributed by atoms with Gasteiger partial charge in [-0.3, -0.25) is 0 Å². The molecule has 1 atom stereocenters. The summed E-state index contributed by atoms with van der Waals surface area (Å²) in [5, 5.41) is 8.33. The lowest BCUT2D eigenvalue weighted by Gasteiger charge is -1.98. The third-order valence-corrected chi connectivity index (χ3v) is 1.43. The van der Waals surface area contributed by atoms with E-state index in [0.717, 1.165) is 6.42 Å². The monoisotopic (exact) mass is 156 g/mol. The van der Waals surface area contributed by atoms with Crippen molar-refractivity contribution in [1.29, 1.82) is 0 Å². The van der Waals surface area contributed by atoms with Crippen LogP contribution in [0.4, 0.5) is 0 Å². The van der Waals surface area contributed by atoms with Crippen LogP contribution in [0.5, 0.6) is 0 Å². The molecule has 2 heteroatoms. The van der Waals surface area contributed by atoms with E-state index >= 15 is 0 Å². The quantitative estimate of drug-likeness (QED) is 0.712. The molecule has 0 saturated heterocycles. The average molecular weight is 156 g/mol. The van der Waals surface area contributed by atoms with Crippen LogP contribution in [0.1, 0.15) is 20.3 Å². The summed E-state index contributed by atoms with van der Waals surface area (Å²) in [4.78, 5) is 0. The molecular formula is C9H16O2. The molecule has 1 aromatic rings. The van der Waals surface area contributed by atoms with Crippen molar-refractivity contribution < 1.29 is 9.52 Å². The molecule has 64 valence electrons. The van der Waals surface area contributed by atoms with E-state index in [1.54, 1.807) is 12.5 Å². The van der Waals surface area contributed by atoms with Gasteiger partial charge in [0.05, 0.1) is 12.5 Å². The maximum atomic E-state index is 8.33. The van der Waals surface area contributed by atoms with E-state index < -0.39 is 0 Å². The van der Waals surface area contributed by atoms with Gasteiger partial charge >= 0.3 is 0 Å². The zero-order valence-corrected chi connectivity index (χ0v) is 7.16. The summed E-state index contributed by atoms with van der Waals surface area (Å²) in [6.07, 6.45) is 4.33. The predicted octanol–water partition coefficient (Wildman–Crippen LogP) is 2.30. The Labute approximate surface area is 67.9 Å². The van der Waals surface area contributed by atoms with Crippen LogP contribution in [0.3, 0.4) is 0 Å². The molecule has 0 saturated carbocycles. The minimum Gasteiger partial charge on any atom is -0.473 e.